The van der Waals surface area contributed by atoms with Gasteiger partial charge in [-0.1, -0.05) is 129 Å². The lowest BCUT2D eigenvalue weighted by Crippen LogP contribution is -1.80. The van der Waals surface area contributed by atoms with Crippen LogP contribution >= 0.6 is 0 Å². The highest BCUT2D eigenvalue weighted by molar-refractivity contribution is 5.66. The van der Waals surface area contributed by atoms with Crippen molar-refractivity contribution in [1.82, 2.24) is 0 Å². The lowest BCUT2D eigenvalue weighted by Gasteiger charge is -2.04. The van der Waals surface area contributed by atoms with Crippen LogP contribution in [0.3, 0.4) is 0 Å². The molecule has 0 heteroatoms. The molecule has 0 aliphatic rings. The van der Waals surface area contributed by atoms with Crippen LogP contribution in [0.4, 0.5) is 0 Å². The largest absolute Gasteiger partial charge is 0.0683 e. The van der Waals surface area contributed by atoms with E-state index in [-0.39, 0.29) is 0 Å². The van der Waals surface area contributed by atoms with Gasteiger partial charge in [0.05, 0.1) is 0 Å². The van der Waals surface area contributed by atoms with E-state index in [9.17, 15) is 0 Å². The zero-order chi connectivity index (χ0) is 20.2. The van der Waals surface area contributed by atoms with Crippen molar-refractivity contribution in [1.29, 1.82) is 0 Å². The lowest BCUT2D eigenvalue weighted by atomic mass is 10.0. The monoisotopic (exact) mass is 366 g/mol. The first kappa shape index (κ1) is 21.2. The fraction of sp³-hybridized carbons (Fsp3) is 0.143. The fourth-order valence-electron chi connectivity index (χ4n) is 2.97. The summed E-state index contributed by atoms with van der Waals surface area (Å²) < 4.78 is 0. The zero-order valence-electron chi connectivity index (χ0n) is 17.4. The molecule has 0 amide bonds. The Hall–Kier alpha value is -3.12. The molecular formula is C28H30. The molecule has 0 aliphatic carbocycles. The van der Waals surface area contributed by atoms with Crippen molar-refractivity contribution in [3.8, 4) is 22.3 Å². The van der Waals surface area contributed by atoms with Gasteiger partial charge in [-0.2, -0.15) is 0 Å². The highest BCUT2D eigenvalue weighted by Gasteiger charge is 1.98. The van der Waals surface area contributed by atoms with Crippen LogP contribution in [0, 0.1) is 13.8 Å². The molecule has 142 valence electrons. The highest BCUT2D eigenvalue weighted by Crippen LogP contribution is 2.22. The summed E-state index contributed by atoms with van der Waals surface area (Å²) in [6.45, 7) is 8.26. The van der Waals surface area contributed by atoms with Gasteiger partial charge < -0.3 is 0 Å². The van der Waals surface area contributed by atoms with Gasteiger partial charge in [-0.25, -0.2) is 0 Å². The third-order valence-corrected chi connectivity index (χ3v) is 4.36. The van der Waals surface area contributed by atoms with Gasteiger partial charge in [-0.05, 0) is 41.7 Å². The summed E-state index contributed by atoms with van der Waals surface area (Å²) in [5, 5.41) is 0. The van der Waals surface area contributed by atoms with Crippen molar-refractivity contribution in [3.05, 3.63) is 120 Å². The summed E-state index contributed by atoms with van der Waals surface area (Å²) in [5.74, 6) is 0. The molecule has 0 N–H and O–H groups in total. The summed E-state index contributed by atoms with van der Waals surface area (Å²) in [6.07, 6.45) is 0. The van der Waals surface area contributed by atoms with Gasteiger partial charge in [0.15, 0.2) is 0 Å². The van der Waals surface area contributed by atoms with Crippen molar-refractivity contribution in [2.75, 3.05) is 0 Å². The molecule has 0 saturated carbocycles. The predicted molar refractivity (Wildman–Crippen MR) is 125 cm³/mol. The zero-order valence-corrected chi connectivity index (χ0v) is 17.4. The Morgan fingerprint density at radius 1 is 0.429 bits per heavy atom. The smallest absolute Gasteiger partial charge is 0.0155 e. The van der Waals surface area contributed by atoms with Crippen molar-refractivity contribution in [2.24, 2.45) is 0 Å². The van der Waals surface area contributed by atoms with Crippen LogP contribution in [0.1, 0.15) is 25.0 Å². The third kappa shape index (κ3) is 6.25. The SMILES string of the molecule is CC.Cc1cccc(-c2ccccc2)c1.Cc1ccccc1-c1ccccc1. The van der Waals surface area contributed by atoms with Crippen molar-refractivity contribution in [2.45, 2.75) is 27.7 Å². The number of hydrogen-bond donors (Lipinski definition) is 0. The van der Waals surface area contributed by atoms with E-state index in [4.69, 9.17) is 0 Å². The molecule has 0 heterocycles. The summed E-state index contributed by atoms with van der Waals surface area (Å²) in [4.78, 5) is 0. The van der Waals surface area contributed by atoms with Gasteiger partial charge in [-0.15, -0.1) is 0 Å². The average Bonchev–Trinajstić information content (AvgIpc) is 2.77. The summed E-state index contributed by atoms with van der Waals surface area (Å²) in [6, 6.07) is 37.9. The van der Waals surface area contributed by atoms with Crippen LogP contribution in [0.2, 0.25) is 0 Å². The molecule has 0 saturated heterocycles. The van der Waals surface area contributed by atoms with Crippen molar-refractivity contribution in [3.63, 3.8) is 0 Å². The maximum atomic E-state index is 2.20. The summed E-state index contributed by atoms with van der Waals surface area (Å²) in [7, 11) is 0. The molecule has 4 aromatic rings. The molecule has 0 spiro atoms. The van der Waals surface area contributed by atoms with E-state index in [1.165, 1.54) is 33.4 Å². The van der Waals surface area contributed by atoms with E-state index in [2.05, 4.69) is 111 Å². The summed E-state index contributed by atoms with van der Waals surface area (Å²) in [5.41, 5.74) is 7.82. The van der Waals surface area contributed by atoms with Crippen LogP contribution in [0.5, 0.6) is 0 Å². The van der Waals surface area contributed by atoms with E-state index in [1.54, 1.807) is 0 Å². The number of hydrogen-bond acceptors (Lipinski definition) is 0. The minimum Gasteiger partial charge on any atom is -0.0683 e. The van der Waals surface area contributed by atoms with Crippen LogP contribution in [-0.2, 0) is 0 Å². The Bertz CT molecular complexity index is 938. The Morgan fingerprint density at radius 2 is 0.929 bits per heavy atom. The maximum Gasteiger partial charge on any atom is -0.0155 e. The molecule has 0 atom stereocenters. The molecule has 4 rings (SSSR count). The quantitative estimate of drug-likeness (QED) is 0.334. The second kappa shape index (κ2) is 11.6. The van der Waals surface area contributed by atoms with Crippen molar-refractivity contribution >= 4 is 0 Å². The molecule has 0 aromatic heterocycles. The third-order valence-electron chi connectivity index (χ3n) is 4.36. The van der Waals surface area contributed by atoms with E-state index >= 15 is 0 Å². The fourth-order valence-corrected chi connectivity index (χ4v) is 2.97. The maximum absolute atomic E-state index is 2.20. The number of rotatable bonds is 2. The first-order valence-corrected chi connectivity index (χ1v) is 9.97. The Balaban J connectivity index is 0.000000184. The van der Waals surface area contributed by atoms with Crippen LogP contribution in [-0.4, -0.2) is 0 Å². The second-order valence-corrected chi connectivity index (χ2v) is 6.42. The Morgan fingerprint density at radius 3 is 1.50 bits per heavy atom. The van der Waals surface area contributed by atoms with Crippen LogP contribution in [0.15, 0.2) is 109 Å². The van der Waals surface area contributed by atoms with Gasteiger partial charge >= 0.3 is 0 Å². The number of aryl methyl sites for hydroxylation is 2. The van der Waals surface area contributed by atoms with Crippen LogP contribution < -0.4 is 0 Å². The van der Waals surface area contributed by atoms with Crippen LogP contribution in [0.25, 0.3) is 22.3 Å². The van der Waals surface area contributed by atoms with E-state index in [1.807, 2.05) is 26.0 Å². The second-order valence-electron chi connectivity index (χ2n) is 6.42. The van der Waals surface area contributed by atoms with E-state index in [0.29, 0.717) is 0 Å². The first-order valence-electron chi connectivity index (χ1n) is 9.97. The van der Waals surface area contributed by atoms with E-state index in [0.717, 1.165) is 0 Å². The lowest BCUT2D eigenvalue weighted by molar-refractivity contribution is 1.46. The normalized spacial score (nSPS) is 9.43. The minimum atomic E-state index is 1.28. The standard InChI is InChI=1S/2C13H12.C2H6/c1-11-7-5-6-10-13(11)12-8-3-2-4-9-12;1-11-6-5-9-13(10-11)12-7-3-2-4-8-12;1-2/h2*2-10H,1H3;1-2H3. The summed E-state index contributed by atoms with van der Waals surface area (Å²) >= 11 is 0. The van der Waals surface area contributed by atoms with Gasteiger partial charge in [0, 0.05) is 0 Å². The Kier molecular flexibility index (Phi) is 8.75. The molecule has 0 fully saturated rings. The van der Waals surface area contributed by atoms with Gasteiger partial charge in [0.1, 0.15) is 0 Å². The van der Waals surface area contributed by atoms with Gasteiger partial charge in [-0.3, -0.25) is 0 Å². The molecular weight excluding hydrogens is 336 g/mol. The van der Waals surface area contributed by atoms with Crippen molar-refractivity contribution < 1.29 is 0 Å². The molecule has 4 aromatic carbocycles. The molecule has 0 nitrogen and oxygen atoms in total. The number of benzene rings is 4. The minimum absolute atomic E-state index is 1.28. The molecule has 0 unspecified atom stereocenters. The van der Waals surface area contributed by atoms with Gasteiger partial charge in [0.2, 0.25) is 0 Å². The predicted octanol–water partition coefficient (Wildman–Crippen LogP) is 8.35. The molecule has 0 bridgehead atoms. The van der Waals surface area contributed by atoms with Gasteiger partial charge in [0.25, 0.3) is 0 Å². The highest BCUT2D eigenvalue weighted by atomic mass is 14.0. The average molecular weight is 367 g/mol. The molecule has 28 heavy (non-hydrogen) atoms. The molecule has 0 aliphatic heterocycles. The molecule has 0 radical (unpaired) electrons. The van der Waals surface area contributed by atoms with E-state index < -0.39 is 0 Å². The topological polar surface area (TPSA) is 0 Å². The Labute approximate surface area is 170 Å². The first-order chi connectivity index (χ1) is 13.7.